The zero-order valence-corrected chi connectivity index (χ0v) is 15.0. The van der Waals surface area contributed by atoms with Crippen molar-refractivity contribution < 1.29 is 4.74 Å². The van der Waals surface area contributed by atoms with Crippen LogP contribution in [0.4, 0.5) is 0 Å². The van der Waals surface area contributed by atoms with E-state index < -0.39 is 0 Å². The number of nitrogens with zero attached hydrogens (tertiary/aromatic N) is 3. The second-order valence-corrected chi connectivity index (χ2v) is 8.22. The van der Waals surface area contributed by atoms with Crippen LogP contribution in [0.25, 0.3) is 10.4 Å². The largest absolute Gasteiger partial charge is 0.360 e. The van der Waals surface area contributed by atoms with Gasteiger partial charge >= 0.3 is 0 Å². The number of hydrogen-bond acceptors (Lipinski definition) is 5. The Morgan fingerprint density at radius 3 is 2.74 bits per heavy atom. The number of rotatable bonds is 3. The third kappa shape index (κ3) is 4.59. The van der Waals surface area contributed by atoms with Crippen LogP contribution >= 0.6 is 11.3 Å². The van der Waals surface area contributed by atoms with Crippen molar-refractivity contribution in [3.8, 4) is 10.4 Å². The molecule has 0 saturated carbocycles. The van der Waals surface area contributed by atoms with Gasteiger partial charge in [-0.1, -0.05) is 0 Å². The molecule has 4 nitrogen and oxygen atoms in total. The Labute approximate surface area is 142 Å². The average Bonchev–Trinajstić information content (AvgIpc) is 2.88. The zero-order chi connectivity index (χ0) is 16.3. The molecular formula is C18H25N3OS. The molecule has 124 valence electrons. The van der Waals surface area contributed by atoms with Gasteiger partial charge in [-0.05, 0) is 51.7 Å². The maximum atomic E-state index is 5.98. The first-order valence-corrected chi connectivity index (χ1v) is 9.06. The minimum absolute atomic E-state index is 0.0909. The van der Waals surface area contributed by atoms with Gasteiger partial charge in [0, 0.05) is 40.8 Å². The van der Waals surface area contributed by atoms with Gasteiger partial charge in [0.25, 0.3) is 0 Å². The molecule has 3 rings (SSSR count). The van der Waals surface area contributed by atoms with E-state index in [9.17, 15) is 0 Å². The molecule has 1 aliphatic rings. The lowest BCUT2D eigenvalue weighted by Crippen LogP contribution is -2.33. The third-order valence-electron chi connectivity index (χ3n) is 3.94. The van der Waals surface area contributed by atoms with Crippen molar-refractivity contribution in [2.45, 2.75) is 52.2 Å². The Morgan fingerprint density at radius 2 is 2.00 bits per heavy atom. The Balaban J connectivity index is 1.77. The number of thiophene rings is 1. The summed E-state index contributed by atoms with van der Waals surface area (Å²) in [5.41, 5.74) is 2.46. The molecule has 23 heavy (non-hydrogen) atoms. The van der Waals surface area contributed by atoms with Gasteiger partial charge in [0.05, 0.1) is 12.3 Å². The number of fused-ring (bicyclic) bond motifs is 1. The van der Waals surface area contributed by atoms with Crippen LogP contribution in [0.2, 0.25) is 0 Å². The Kier molecular flexibility index (Phi) is 5.09. The van der Waals surface area contributed by atoms with E-state index >= 15 is 0 Å². The Bertz CT molecular complexity index is 633. The summed E-state index contributed by atoms with van der Waals surface area (Å²) in [7, 11) is 0. The number of ether oxygens (including phenoxy) is 1. The zero-order valence-electron chi connectivity index (χ0n) is 14.2. The second-order valence-electron chi connectivity index (χ2n) is 7.08. The third-order valence-corrected chi connectivity index (χ3v) is 5.23. The first-order chi connectivity index (χ1) is 11.0. The van der Waals surface area contributed by atoms with Gasteiger partial charge in [0.2, 0.25) is 0 Å². The molecule has 0 aliphatic carbocycles. The van der Waals surface area contributed by atoms with Crippen LogP contribution in [-0.4, -0.2) is 33.7 Å². The van der Waals surface area contributed by atoms with Crippen LogP contribution in [0.1, 0.15) is 44.1 Å². The van der Waals surface area contributed by atoms with Crippen molar-refractivity contribution in [2.24, 2.45) is 0 Å². The lowest BCUT2D eigenvalue weighted by molar-refractivity contribution is -0.0668. The maximum absolute atomic E-state index is 5.98. The molecule has 2 aromatic heterocycles. The van der Waals surface area contributed by atoms with Crippen molar-refractivity contribution in [3.05, 3.63) is 35.2 Å². The summed E-state index contributed by atoms with van der Waals surface area (Å²) < 4.78 is 5.98. The molecule has 0 spiro atoms. The van der Waals surface area contributed by atoms with Crippen LogP contribution < -0.4 is 0 Å². The molecule has 0 unspecified atom stereocenters. The van der Waals surface area contributed by atoms with Crippen molar-refractivity contribution in [2.75, 3.05) is 13.3 Å². The number of hydrogen-bond donors (Lipinski definition) is 0. The van der Waals surface area contributed by atoms with E-state index in [1.54, 1.807) is 6.33 Å². The predicted octanol–water partition coefficient (Wildman–Crippen LogP) is 4.12. The lowest BCUT2D eigenvalue weighted by atomic mass is 10.1. The number of aromatic nitrogens is 2. The normalized spacial score (nSPS) is 16.7. The van der Waals surface area contributed by atoms with Gasteiger partial charge in [-0.2, -0.15) is 0 Å². The summed E-state index contributed by atoms with van der Waals surface area (Å²) in [5, 5.41) is 0. The molecule has 0 atom stereocenters. The maximum Gasteiger partial charge on any atom is 0.115 e. The van der Waals surface area contributed by atoms with Crippen molar-refractivity contribution in [1.82, 2.24) is 14.9 Å². The fourth-order valence-corrected chi connectivity index (χ4v) is 3.91. The highest BCUT2D eigenvalue weighted by atomic mass is 32.1. The minimum atomic E-state index is -0.0909. The Morgan fingerprint density at radius 1 is 1.22 bits per heavy atom. The van der Waals surface area contributed by atoms with Crippen molar-refractivity contribution in [3.63, 3.8) is 0 Å². The minimum Gasteiger partial charge on any atom is -0.360 e. The highest BCUT2D eigenvalue weighted by Gasteiger charge is 2.19. The van der Waals surface area contributed by atoms with E-state index in [-0.39, 0.29) is 5.60 Å². The van der Waals surface area contributed by atoms with Crippen molar-refractivity contribution in [1.29, 1.82) is 0 Å². The van der Waals surface area contributed by atoms with E-state index in [1.807, 2.05) is 23.7 Å². The monoisotopic (exact) mass is 331 g/mol. The summed E-state index contributed by atoms with van der Waals surface area (Å²) in [4.78, 5) is 13.5. The standard InChI is InChI=1S/C18H25N3OS/c1-18(2,3)22-13-21-7-5-4-6-16-14(11-21)8-17(23-16)15-9-19-12-20-10-15/h8-10,12H,4-7,11,13H2,1-3H3. The van der Waals surface area contributed by atoms with Gasteiger partial charge in [-0.3, -0.25) is 4.90 Å². The summed E-state index contributed by atoms with van der Waals surface area (Å²) in [6, 6.07) is 2.31. The highest BCUT2D eigenvalue weighted by Crippen LogP contribution is 2.33. The molecule has 0 amide bonds. The molecule has 0 bridgehead atoms. The van der Waals surface area contributed by atoms with E-state index in [4.69, 9.17) is 4.74 Å². The molecular weight excluding hydrogens is 306 g/mol. The molecule has 0 aromatic carbocycles. The fourth-order valence-electron chi connectivity index (χ4n) is 2.72. The average molecular weight is 331 g/mol. The topological polar surface area (TPSA) is 38.2 Å². The summed E-state index contributed by atoms with van der Waals surface area (Å²) in [6.45, 7) is 9.11. The van der Waals surface area contributed by atoms with Gasteiger partial charge < -0.3 is 4.74 Å². The van der Waals surface area contributed by atoms with Crippen LogP contribution in [0.3, 0.4) is 0 Å². The lowest BCUT2D eigenvalue weighted by Gasteiger charge is -2.28. The summed E-state index contributed by atoms with van der Waals surface area (Å²) >= 11 is 1.89. The van der Waals surface area contributed by atoms with Gasteiger partial charge in [-0.15, -0.1) is 11.3 Å². The quantitative estimate of drug-likeness (QED) is 0.848. The fraction of sp³-hybridized carbons (Fsp3) is 0.556. The SMILES string of the molecule is CC(C)(C)OCN1CCCCc2sc(-c3cncnc3)cc2C1. The van der Waals surface area contributed by atoms with E-state index in [2.05, 4.69) is 41.7 Å². The molecule has 0 radical (unpaired) electrons. The molecule has 5 heteroatoms. The van der Waals surface area contributed by atoms with Gasteiger partial charge in [0.1, 0.15) is 6.33 Å². The number of aryl methyl sites for hydroxylation is 1. The first kappa shape index (κ1) is 16.6. The summed E-state index contributed by atoms with van der Waals surface area (Å²) in [5.74, 6) is 0. The predicted molar refractivity (Wildman–Crippen MR) is 94.4 cm³/mol. The van der Waals surface area contributed by atoms with Crippen molar-refractivity contribution >= 4 is 11.3 Å². The first-order valence-electron chi connectivity index (χ1n) is 8.24. The van der Waals surface area contributed by atoms with Crippen LogP contribution in [0.5, 0.6) is 0 Å². The molecule has 1 aliphatic heterocycles. The molecule has 2 aromatic rings. The van der Waals surface area contributed by atoms with Crippen LogP contribution in [0, 0.1) is 0 Å². The van der Waals surface area contributed by atoms with Gasteiger partial charge in [0.15, 0.2) is 0 Å². The Hall–Kier alpha value is -1.30. The van der Waals surface area contributed by atoms with E-state index in [1.165, 1.54) is 34.6 Å². The van der Waals surface area contributed by atoms with Gasteiger partial charge in [-0.25, -0.2) is 9.97 Å². The van der Waals surface area contributed by atoms with Crippen LogP contribution in [0.15, 0.2) is 24.8 Å². The molecule has 3 heterocycles. The molecule has 0 saturated heterocycles. The highest BCUT2D eigenvalue weighted by molar-refractivity contribution is 7.15. The summed E-state index contributed by atoms with van der Waals surface area (Å²) in [6.07, 6.45) is 9.03. The van der Waals surface area contributed by atoms with Crippen LogP contribution in [-0.2, 0) is 17.7 Å². The second kappa shape index (κ2) is 7.07. The molecule has 0 N–H and O–H groups in total. The van der Waals surface area contributed by atoms with E-state index in [0.717, 1.165) is 18.7 Å². The smallest absolute Gasteiger partial charge is 0.115 e. The van der Waals surface area contributed by atoms with E-state index in [0.29, 0.717) is 6.73 Å². The molecule has 0 fully saturated rings.